The number of fused-ring (bicyclic) bond motifs is 2. The summed E-state index contributed by atoms with van der Waals surface area (Å²) in [6.45, 7) is 2.19. The minimum absolute atomic E-state index is 0.829. The van der Waals surface area contributed by atoms with Crippen LogP contribution in [-0.4, -0.2) is 0 Å². The average molecular weight is 184 g/mol. The van der Waals surface area contributed by atoms with Gasteiger partial charge >= 0.3 is 0 Å². The standard InChI is InChI=1S/C14H16/c1-10-3-2-4-12(7-10)14-9-11-5-6-13(14)8-11/h2-5,7,13-14H,6,8-9H2,1H3. The molecule has 0 heteroatoms. The summed E-state index contributed by atoms with van der Waals surface area (Å²) in [6, 6.07) is 9.06. The molecule has 72 valence electrons. The Balaban J connectivity index is 1.93. The summed E-state index contributed by atoms with van der Waals surface area (Å²) in [5.74, 6) is 1.75. The van der Waals surface area contributed by atoms with Gasteiger partial charge in [0.05, 0.1) is 0 Å². The van der Waals surface area contributed by atoms with Crippen molar-refractivity contribution in [3.8, 4) is 0 Å². The van der Waals surface area contributed by atoms with Crippen molar-refractivity contribution in [1.29, 1.82) is 0 Å². The van der Waals surface area contributed by atoms with E-state index >= 15 is 0 Å². The van der Waals surface area contributed by atoms with Crippen molar-refractivity contribution in [2.45, 2.75) is 32.1 Å². The van der Waals surface area contributed by atoms with Crippen molar-refractivity contribution < 1.29 is 0 Å². The van der Waals surface area contributed by atoms with E-state index in [1.807, 2.05) is 0 Å². The Morgan fingerprint density at radius 2 is 2.14 bits per heavy atom. The second-order valence-corrected chi connectivity index (χ2v) is 4.79. The molecule has 1 aromatic carbocycles. The molecule has 0 aliphatic heterocycles. The molecule has 2 aliphatic rings. The summed E-state index contributed by atoms with van der Waals surface area (Å²) in [7, 11) is 0. The first-order valence-electron chi connectivity index (χ1n) is 5.57. The van der Waals surface area contributed by atoms with Crippen LogP contribution < -0.4 is 0 Å². The van der Waals surface area contributed by atoms with E-state index in [-0.39, 0.29) is 0 Å². The zero-order valence-corrected chi connectivity index (χ0v) is 8.66. The molecule has 0 nitrogen and oxygen atoms in total. The molecular weight excluding hydrogens is 168 g/mol. The second kappa shape index (κ2) is 2.98. The molecule has 1 saturated carbocycles. The third-order valence-corrected chi connectivity index (χ3v) is 3.76. The molecule has 14 heavy (non-hydrogen) atoms. The van der Waals surface area contributed by atoms with Crippen LogP contribution in [-0.2, 0) is 0 Å². The van der Waals surface area contributed by atoms with E-state index in [0.29, 0.717) is 0 Å². The first-order valence-corrected chi connectivity index (χ1v) is 5.57. The molecule has 2 unspecified atom stereocenters. The lowest BCUT2D eigenvalue weighted by atomic mass is 9.85. The van der Waals surface area contributed by atoms with Crippen molar-refractivity contribution in [1.82, 2.24) is 0 Å². The van der Waals surface area contributed by atoms with Gasteiger partial charge in [0.1, 0.15) is 0 Å². The zero-order chi connectivity index (χ0) is 9.54. The number of allylic oxidation sites excluding steroid dienone is 2. The van der Waals surface area contributed by atoms with Crippen molar-refractivity contribution in [2.75, 3.05) is 0 Å². The van der Waals surface area contributed by atoms with Gasteiger partial charge in [-0.3, -0.25) is 0 Å². The minimum Gasteiger partial charge on any atom is -0.0850 e. The van der Waals surface area contributed by atoms with E-state index < -0.39 is 0 Å². The molecule has 1 fully saturated rings. The molecule has 0 aromatic heterocycles. The molecule has 1 aromatic rings. The predicted molar refractivity (Wildman–Crippen MR) is 59.3 cm³/mol. The predicted octanol–water partition coefficient (Wildman–Crippen LogP) is 3.82. The van der Waals surface area contributed by atoms with Crippen molar-refractivity contribution in [3.05, 3.63) is 47.0 Å². The Labute approximate surface area is 85.6 Å². The fraction of sp³-hybridized carbons (Fsp3) is 0.429. The topological polar surface area (TPSA) is 0 Å². The summed E-state index contributed by atoms with van der Waals surface area (Å²) in [5.41, 5.74) is 4.68. The number of rotatable bonds is 1. The van der Waals surface area contributed by atoms with Crippen LogP contribution >= 0.6 is 0 Å². The largest absolute Gasteiger partial charge is 0.0850 e. The van der Waals surface area contributed by atoms with Gasteiger partial charge in [0, 0.05) is 0 Å². The Morgan fingerprint density at radius 1 is 1.21 bits per heavy atom. The Kier molecular flexibility index (Phi) is 1.76. The number of aryl methyl sites for hydroxylation is 1. The first-order chi connectivity index (χ1) is 6.83. The summed E-state index contributed by atoms with van der Waals surface area (Å²) in [6.07, 6.45) is 6.48. The highest BCUT2D eigenvalue weighted by atomic mass is 14.4. The lowest BCUT2D eigenvalue weighted by Gasteiger charge is -2.19. The summed E-state index contributed by atoms with van der Waals surface area (Å²) < 4.78 is 0. The number of hydrogen-bond donors (Lipinski definition) is 0. The molecule has 0 heterocycles. The van der Waals surface area contributed by atoms with Gasteiger partial charge in [0.2, 0.25) is 0 Å². The van der Waals surface area contributed by atoms with E-state index in [1.54, 1.807) is 11.1 Å². The van der Waals surface area contributed by atoms with Gasteiger partial charge in [0.15, 0.2) is 0 Å². The third-order valence-electron chi connectivity index (χ3n) is 3.76. The SMILES string of the molecule is Cc1cccc(C2CC3=CCC2C3)c1. The molecule has 0 N–H and O–H groups in total. The summed E-state index contributed by atoms with van der Waals surface area (Å²) in [4.78, 5) is 0. The minimum atomic E-state index is 0.829. The van der Waals surface area contributed by atoms with Gasteiger partial charge in [-0.15, -0.1) is 0 Å². The van der Waals surface area contributed by atoms with Gasteiger partial charge in [-0.1, -0.05) is 41.5 Å². The number of benzene rings is 1. The van der Waals surface area contributed by atoms with Gasteiger partial charge in [-0.05, 0) is 43.6 Å². The average Bonchev–Trinajstić information content (AvgIpc) is 2.78. The van der Waals surface area contributed by atoms with Crippen molar-refractivity contribution in [3.63, 3.8) is 0 Å². The highest BCUT2D eigenvalue weighted by molar-refractivity contribution is 5.33. The van der Waals surface area contributed by atoms with Crippen LogP contribution in [0, 0.1) is 12.8 Å². The molecule has 0 radical (unpaired) electrons. The summed E-state index contributed by atoms with van der Waals surface area (Å²) >= 11 is 0. The fourth-order valence-corrected chi connectivity index (χ4v) is 3.03. The molecule has 0 spiro atoms. The maximum atomic E-state index is 2.46. The molecule has 0 saturated heterocycles. The molecule has 2 aliphatic carbocycles. The maximum absolute atomic E-state index is 2.46. The summed E-state index contributed by atoms with van der Waals surface area (Å²) in [5, 5.41) is 0. The zero-order valence-electron chi connectivity index (χ0n) is 8.66. The van der Waals surface area contributed by atoms with Crippen LogP contribution in [0.15, 0.2) is 35.9 Å². The van der Waals surface area contributed by atoms with E-state index in [1.165, 1.54) is 24.8 Å². The highest BCUT2D eigenvalue weighted by Crippen LogP contribution is 2.49. The smallest absolute Gasteiger partial charge is 0.00903 e. The van der Waals surface area contributed by atoms with Gasteiger partial charge in [0.25, 0.3) is 0 Å². The van der Waals surface area contributed by atoms with Crippen LogP contribution in [0.5, 0.6) is 0 Å². The van der Waals surface area contributed by atoms with Gasteiger partial charge in [-0.25, -0.2) is 0 Å². The quantitative estimate of drug-likeness (QED) is 0.582. The Bertz CT molecular complexity index is 387. The molecule has 2 atom stereocenters. The van der Waals surface area contributed by atoms with E-state index in [9.17, 15) is 0 Å². The third kappa shape index (κ3) is 1.21. The van der Waals surface area contributed by atoms with Crippen LogP contribution in [0.4, 0.5) is 0 Å². The van der Waals surface area contributed by atoms with Crippen LogP contribution in [0.3, 0.4) is 0 Å². The number of hydrogen-bond acceptors (Lipinski definition) is 0. The van der Waals surface area contributed by atoms with Crippen LogP contribution in [0.2, 0.25) is 0 Å². The second-order valence-electron chi connectivity index (χ2n) is 4.79. The van der Waals surface area contributed by atoms with Crippen molar-refractivity contribution in [2.24, 2.45) is 5.92 Å². The van der Waals surface area contributed by atoms with E-state index in [4.69, 9.17) is 0 Å². The normalized spacial score (nSPS) is 29.4. The lowest BCUT2D eigenvalue weighted by Crippen LogP contribution is -2.05. The van der Waals surface area contributed by atoms with Gasteiger partial charge in [-0.2, -0.15) is 0 Å². The van der Waals surface area contributed by atoms with Gasteiger partial charge < -0.3 is 0 Å². The highest BCUT2D eigenvalue weighted by Gasteiger charge is 2.34. The van der Waals surface area contributed by atoms with E-state index in [2.05, 4.69) is 37.3 Å². The van der Waals surface area contributed by atoms with Crippen LogP contribution in [0.25, 0.3) is 0 Å². The monoisotopic (exact) mass is 184 g/mol. The molecular formula is C14H16. The lowest BCUT2D eigenvalue weighted by molar-refractivity contribution is 0.496. The molecule has 2 bridgehead atoms. The molecule has 3 rings (SSSR count). The fourth-order valence-electron chi connectivity index (χ4n) is 3.03. The Morgan fingerprint density at radius 3 is 2.79 bits per heavy atom. The Hall–Kier alpha value is -1.04. The first kappa shape index (κ1) is 8.28. The van der Waals surface area contributed by atoms with Crippen LogP contribution in [0.1, 0.15) is 36.3 Å². The maximum Gasteiger partial charge on any atom is -0.00903 e. The van der Waals surface area contributed by atoms with Crippen molar-refractivity contribution >= 4 is 0 Å². The molecule has 0 amide bonds. The van der Waals surface area contributed by atoms with E-state index in [0.717, 1.165) is 11.8 Å².